The van der Waals surface area contributed by atoms with E-state index >= 15 is 0 Å². The van der Waals surface area contributed by atoms with Crippen molar-refractivity contribution in [2.45, 2.75) is 107 Å². The summed E-state index contributed by atoms with van der Waals surface area (Å²) in [6, 6.07) is 6.74. The maximum Gasteiger partial charge on any atom is 0.254 e. The molecule has 2 amide bonds. The highest BCUT2D eigenvalue weighted by molar-refractivity contribution is 5.97. The van der Waals surface area contributed by atoms with Crippen molar-refractivity contribution in [2.75, 3.05) is 27.7 Å². The van der Waals surface area contributed by atoms with Gasteiger partial charge in [0, 0.05) is 32.5 Å². The average molecular weight is 578 g/mol. The van der Waals surface area contributed by atoms with E-state index < -0.39 is 0 Å². The van der Waals surface area contributed by atoms with Crippen LogP contribution in [0.2, 0.25) is 0 Å². The van der Waals surface area contributed by atoms with Crippen LogP contribution in [0.5, 0.6) is 0 Å². The van der Waals surface area contributed by atoms with E-state index in [1.807, 2.05) is 51.8 Å². The van der Waals surface area contributed by atoms with E-state index in [4.69, 9.17) is 0 Å². The smallest absolute Gasteiger partial charge is 0.254 e. The van der Waals surface area contributed by atoms with Gasteiger partial charge >= 0.3 is 0 Å². The zero-order chi connectivity index (χ0) is 33.0. The second kappa shape index (κ2) is 22.5. The Bertz CT molecular complexity index is 974. The number of hydrogen-bond acceptors (Lipinski definition) is 7. The van der Waals surface area contributed by atoms with Crippen LogP contribution in [0.25, 0.3) is 0 Å². The quantitative estimate of drug-likeness (QED) is 0.393. The second-order valence-corrected chi connectivity index (χ2v) is 10.1. The molecule has 0 aliphatic heterocycles. The van der Waals surface area contributed by atoms with Gasteiger partial charge in [-0.2, -0.15) is 0 Å². The predicted octanol–water partition coefficient (Wildman–Crippen LogP) is 4.78. The second-order valence-electron chi connectivity index (χ2n) is 10.1. The number of benzene rings is 1. The number of Topliss-reactive ketones (excluding diaryl/α,β-unsaturated/α-hetero) is 4. The molecule has 0 saturated heterocycles. The summed E-state index contributed by atoms with van der Waals surface area (Å²) in [6.07, 6.45) is 1.12. The van der Waals surface area contributed by atoms with Gasteiger partial charge in [-0.1, -0.05) is 38.5 Å². The molecule has 3 atom stereocenters. The molecule has 9 heteroatoms. The van der Waals surface area contributed by atoms with E-state index in [1.54, 1.807) is 60.8 Å². The summed E-state index contributed by atoms with van der Waals surface area (Å²) in [5.41, 5.74) is 1.72. The van der Waals surface area contributed by atoms with Crippen molar-refractivity contribution in [3.63, 3.8) is 0 Å². The Morgan fingerprint density at radius 2 is 1.00 bits per heavy atom. The van der Waals surface area contributed by atoms with Crippen LogP contribution in [0.3, 0.4) is 0 Å². The number of carbonyl (C=O) groups excluding carboxylic acids is 6. The molecular weight excluding hydrogens is 522 g/mol. The highest BCUT2D eigenvalue weighted by atomic mass is 16.2. The highest BCUT2D eigenvalue weighted by Crippen LogP contribution is 2.09. The van der Waals surface area contributed by atoms with E-state index in [0.29, 0.717) is 18.4 Å². The molecule has 0 aliphatic carbocycles. The molecule has 9 nitrogen and oxygen atoms in total. The summed E-state index contributed by atoms with van der Waals surface area (Å²) in [6.45, 7) is 20.1. The first kappa shape index (κ1) is 42.3. The molecule has 0 heterocycles. The molecular formula is C32H55N3O6. The SMILES string of the molecule is CC(=O)C(C)N(C)C(=O)c1ccc(C)cc1.CCC(=O)N(C)C(C)C(C)=O.CCC(C)=O.CCN(C)C(C)C(C)=O. The monoisotopic (exact) mass is 577 g/mol. The van der Waals surface area contributed by atoms with Gasteiger partial charge < -0.3 is 14.6 Å². The Labute approximate surface area is 248 Å². The lowest BCUT2D eigenvalue weighted by molar-refractivity contribution is -0.136. The van der Waals surface area contributed by atoms with Crippen molar-refractivity contribution < 1.29 is 28.8 Å². The predicted molar refractivity (Wildman–Crippen MR) is 166 cm³/mol. The minimum Gasteiger partial charge on any atom is -0.336 e. The van der Waals surface area contributed by atoms with Crippen LogP contribution < -0.4 is 0 Å². The summed E-state index contributed by atoms with van der Waals surface area (Å²) in [5, 5.41) is 0. The summed E-state index contributed by atoms with van der Waals surface area (Å²) in [4.78, 5) is 70.5. The number of ketones is 4. The van der Waals surface area contributed by atoms with Crippen molar-refractivity contribution in [2.24, 2.45) is 0 Å². The Balaban J connectivity index is -0.000000507. The van der Waals surface area contributed by atoms with Gasteiger partial charge in [-0.25, -0.2) is 0 Å². The lowest BCUT2D eigenvalue weighted by Crippen LogP contribution is -2.39. The Morgan fingerprint density at radius 1 is 0.634 bits per heavy atom. The first-order valence-electron chi connectivity index (χ1n) is 14.1. The van der Waals surface area contributed by atoms with Crippen LogP contribution in [-0.2, 0) is 24.0 Å². The number of amides is 2. The van der Waals surface area contributed by atoms with Crippen molar-refractivity contribution in [3.8, 4) is 0 Å². The molecule has 0 aromatic heterocycles. The lowest BCUT2D eigenvalue weighted by atomic mass is 10.1. The van der Waals surface area contributed by atoms with Crippen LogP contribution in [0, 0.1) is 6.92 Å². The average Bonchev–Trinajstić information content (AvgIpc) is 2.94. The van der Waals surface area contributed by atoms with Gasteiger partial charge in [0.2, 0.25) is 5.91 Å². The minimum atomic E-state index is -0.381. The van der Waals surface area contributed by atoms with Crippen LogP contribution in [0.1, 0.15) is 98.0 Å². The van der Waals surface area contributed by atoms with E-state index in [-0.39, 0.29) is 53.1 Å². The minimum absolute atomic E-state index is 0.00713. The Hall–Kier alpha value is -3.20. The van der Waals surface area contributed by atoms with Gasteiger partial charge in [0.1, 0.15) is 11.6 Å². The summed E-state index contributed by atoms with van der Waals surface area (Å²) in [7, 11) is 5.25. The van der Waals surface area contributed by atoms with Gasteiger partial charge in [0.15, 0.2) is 11.6 Å². The zero-order valence-corrected chi connectivity index (χ0v) is 28.0. The van der Waals surface area contributed by atoms with Crippen LogP contribution >= 0.6 is 0 Å². The van der Waals surface area contributed by atoms with Gasteiger partial charge in [-0.3, -0.25) is 28.9 Å². The van der Waals surface area contributed by atoms with Crippen molar-refractivity contribution in [3.05, 3.63) is 35.4 Å². The topological polar surface area (TPSA) is 112 Å². The van der Waals surface area contributed by atoms with Gasteiger partial charge in [-0.05, 0) is 81.1 Å². The van der Waals surface area contributed by atoms with Crippen molar-refractivity contribution in [1.29, 1.82) is 0 Å². The van der Waals surface area contributed by atoms with Gasteiger partial charge in [0.05, 0.1) is 18.1 Å². The third-order valence-electron chi connectivity index (χ3n) is 6.90. The van der Waals surface area contributed by atoms with E-state index in [0.717, 1.165) is 12.1 Å². The molecule has 234 valence electrons. The summed E-state index contributed by atoms with van der Waals surface area (Å²) >= 11 is 0. The maximum atomic E-state index is 12.0. The molecule has 1 rings (SSSR count). The fourth-order valence-electron chi connectivity index (χ4n) is 2.67. The molecule has 0 saturated carbocycles. The first-order chi connectivity index (χ1) is 18.8. The molecule has 0 aliphatic rings. The van der Waals surface area contributed by atoms with Gasteiger partial charge in [-0.15, -0.1) is 0 Å². The molecule has 0 bridgehead atoms. The number of likely N-dealkylation sites (N-methyl/N-ethyl adjacent to an activating group) is 3. The maximum absolute atomic E-state index is 12.0. The molecule has 3 unspecified atom stereocenters. The summed E-state index contributed by atoms with van der Waals surface area (Å²) < 4.78 is 0. The third kappa shape index (κ3) is 18.7. The number of nitrogens with zero attached hydrogens (tertiary/aromatic N) is 3. The molecule has 0 spiro atoms. The van der Waals surface area contributed by atoms with E-state index in [1.165, 1.54) is 23.6 Å². The first-order valence-corrected chi connectivity index (χ1v) is 14.1. The largest absolute Gasteiger partial charge is 0.336 e. The number of rotatable bonds is 10. The standard InChI is InChI=1S/C13H17NO2.C8H15NO2.C7H15NO.C4H8O/c1-9-5-7-12(8-6-9)13(16)14(4)10(2)11(3)15;1-5-8(11)9(4)6(2)7(3)10;1-5-8(4)6(2)7(3)9;1-3-4(2)5/h5-8,10H,1-4H3;6H,5H2,1-4H3;6H,5H2,1-4H3;3H2,1-2H3. The van der Waals surface area contributed by atoms with Crippen molar-refractivity contribution >= 4 is 34.9 Å². The summed E-state index contributed by atoms with van der Waals surface area (Å²) in [5.74, 6) is 0.386. The Morgan fingerprint density at radius 3 is 1.27 bits per heavy atom. The van der Waals surface area contributed by atoms with Crippen molar-refractivity contribution in [1.82, 2.24) is 14.7 Å². The van der Waals surface area contributed by atoms with Crippen LogP contribution in [-0.4, -0.2) is 95.5 Å². The fourth-order valence-corrected chi connectivity index (χ4v) is 2.67. The zero-order valence-electron chi connectivity index (χ0n) is 28.0. The molecule has 0 N–H and O–H groups in total. The molecule has 0 fully saturated rings. The Kier molecular flexibility index (Phi) is 23.2. The lowest BCUT2D eigenvalue weighted by Gasteiger charge is -2.22. The third-order valence-corrected chi connectivity index (χ3v) is 6.90. The van der Waals surface area contributed by atoms with Crippen LogP contribution in [0.15, 0.2) is 24.3 Å². The number of carbonyl (C=O) groups is 6. The highest BCUT2D eigenvalue weighted by Gasteiger charge is 2.20. The molecule has 1 aromatic carbocycles. The molecule has 41 heavy (non-hydrogen) atoms. The van der Waals surface area contributed by atoms with E-state index in [9.17, 15) is 28.8 Å². The fraction of sp³-hybridized carbons (Fsp3) is 0.625. The van der Waals surface area contributed by atoms with Crippen LogP contribution in [0.4, 0.5) is 0 Å². The molecule has 0 radical (unpaired) electrons. The normalized spacial score (nSPS) is 12.0. The van der Waals surface area contributed by atoms with Gasteiger partial charge in [0.25, 0.3) is 5.91 Å². The van der Waals surface area contributed by atoms with E-state index in [2.05, 4.69) is 0 Å². The number of aryl methyl sites for hydroxylation is 1. The molecule has 1 aromatic rings. The number of hydrogen-bond donors (Lipinski definition) is 0.